The van der Waals surface area contributed by atoms with Crippen LogP contribution in [0.15, 0.2) is 65.6 Å². The fourth-order valence-electron chi connectivity index (χ4n) is 3.24. The first-order valence-electron chi connectivity index (χ1n) is 9.70. The number of hydrogen-bond acceptors (Lipinski definition) is 5. The molecule has 3 N–H and O–H groups in total. The monoisotopic (exact) mass is 442 g/mol. The molecule has 0 spiro atoms. The topological polar surface area (TPSA) is 99.8 Å². The van der Waals surface area contributed by atoms with Crippen LogP contribution in [0.1, 0.15) is 0 Å². The van der Waals surface area contributed by atoms with Crippen molar-refractivity contribution >= 4 is 38.2 Å². The average molecular weight is 443 g/mol. The molecule has 0 aliphatic heterocycles. The molecule has 3 rings (SSSR count). The van der Waals surface area contributed by atoms with Crippen LogP contribution >= 0.6 is 0 Å². The molecule has 0 atom stereocenters. The summed E-state index contributed by atoms with van der Waals surface area (Å²) < 4.78 is 33.5. The van der Waals surface area contributed by atoms with Crippen LogP contribution in [0, 0.1) is 0 Å². The average Bonchev–Trinajstić information content (AvgIpc) is 2.76. The summed E-state index contributed by atoms with van der Waals surface area (Å²) >= 11 is 0. The molecule has 2 amide bonds. The lowest BCUT2D eigenvalue weighted by Crippen LogP contribution is -2.36. The van der Waals surface area contributed by atoms with E-state index in [2.05, 4.69) is 15.4 Å². The van der Waals surface area contributed by atoms with Gasteiger partial charge in [0.1, 0.15) is 5.75 Å². The number of nitrogens with zero attached hydrogens (tertiary/aromatic N) is 1. The number of rotatable bonds is 8. The zero-order valence-corrected chi connectivity index (χ0v) is 18.5. The van der Waals surface area contributed by atoms with Gasteiger partial charge in [-0.05, 0) is 24.3 Å². The second-order valence-electron chi connectivity index (χ2n) is 7.00. The van der Waals surface area contributed by atoms with Gasteiger partial charge in [0.2, 0.25) is 10.0 Å². The van der Waals surface area contributed by atoms with Gasteiger partial charge in [-0.2, -0.15) is 0 Å². The molecule has 9 heteroatoms. The van der Waals surface area contributed by atoms with Gasteiger partial charge in [0.25, 0.3) is 0 Å². The van der Waals surface area contributed by atoms with E-state index in [1.807, 2.05) is 37.2 Å². The molecule has 8 nitrogen and oxygen atoms in total. The van der Waals surface area contributed by atoms with Gasteiger partial charge in [-0.3, -0.25) is 0 Å². The van der Waals surface area contributed by atoms with Crippen molar-refractivity contribution in [1.29, 1.82) is 0 Å². The highest BCUT2D eigenvalue weighted by Crippen LogP contribution is 2.30. The largest absolute Gasteiger partial charge is 0.495 e. The lowest BCUT2D eigenvalue weighted by atomic mass is 10.1. The number of hydrogen-bond donors (Lipinski definition) is 3. The molecule has 0 unspecified atom stereocenters. The van der Waals surface area contributed by atoms with Crippen molar-refractivity contribution in [2.45, 2.75) is 4.90 Å². The summed E-state index contributed by atoms with van der Waals surface area (Å²) in [7, 11) is 1.58. The maximum atomic E-state index is 12.9. The van der Waals surface area contributed by atoms with Crippen molar-refractivity contribution < 1.29 is 17.9 Å². The first kappa shape index (κ1) is 22.4. The predicted octanol–water partition coefficient (Wildman–Crippen LogP) is 3.01. The summed E-state index contributed by atoms with van der Waals surface area (Å²) in [6.07, 6.45) is 0. The van der Waals surface area contributed by atoms with E-state index < -0.39 is 16.1 Å². The number of fused-ring (bicyclic) bond motifs is 1. The normalized spacial score (nSPS) is 11.2. The minimum absolute atomic E-state index is 0.0471. The molecule has 164 valence electrons. The fourth-order valence-corrected chi connectivity index (χ4v) is 4.49. The fraction of sp³-hybridized carbons (Fsp3) is 0.227. The van der Waals surface area contributed by atoms with Crippen molar-refractivity contribution in [3.8, 4) is 5.75 Å². The Morgan fingerprint density at radius 2 is 1.65 bits per heavy atom. The Labute approximate surface area is 182 Å². The van der Waals surface area contributed by atoms with Crippen LogP contribution in [0.2, 0.25) is 0 Å². The molecule has 31 heavy (non-hydrogen) atoms. The van der Waals surface area contributed by atoms with Gasteiger partial charge in [0, 0.05) is 43.6 Å². The van der Waals surface area contributed by atoms with Crippen LogP contribution in [0.25, 0.3) is 10.8 Å². The van der Waals surface area contributed by atoms with Crippen LogP contribution in [0.3, 0.4) is 0 Å². The third kappa shape index (κ3) is 5.25. The van der Waals surface area contributed by atoms with Gasteiger partial charge >= 0.3 is 6.03 Å². The number of benzene rings is 3. The molecule has 3 aromatic carbocycles. The molecular formula is C22H26N4O4S. The molecule has 0 saturated heterocycles. The van der Waals surface area contributed by atoms with E-state index in [1.54, 1.807) is 42.5 Å². The number of amides is 2. The Bertz CT molecular complexity index is 1180. The number of ether oxygens (including phenoxy) is 1. The Kier molecular flexibility index (Phi) is 6.98. The summed E-state index contributed by atoms with van der Waals surface area (Å²) in [6.45, 7) is 0.166. The molecule has 3 aromatic rings. The number of urea groups is 1. The number of para-hydroxylation sites is 2. The zero-order valence-electron chi connectivity index (χ0n) is 17.7. The van der Waals surface area contributed by atoms with Gasteiger partial charge in [0.05, 0.1) is 17.7 Å². The molecule has 0 fully saturated rings. The number of carbonyl (C=O) groups is 1. The van der Waals surface area contributed by atoms with E-state index in [0.29, 0.717) is 16.8 Å². The Morgan fingerprint density at radius 3 is 2.39 bits per heavy atom. The predicted molar refractivity (Wildman–Crippen MR) is 123 cm³/mol. The minimum atomic E-state index is -3.76. The SMILES string of the molecule is COc1ccccc1NC(=O)NCCNS(=O)(=O)c1cccc2c(N(C)C)cccc12. The highest BCUT2D eigenvalue weighted by Gasteiger charge is 2.18. The number of anilines is 2. The highest BCUT2D eigenvalue weighted by molar-refractivity contribution is 7.89. The van der Waals surface area contributed by atoms with Crippen LogP contribution in [0.4, 0.5) is 16.2 Å². The maximum absolute atomic E-state index is 12.9. The number of carbonyl (C=O) groups excluding carboxylic acids is 1. The maximum Gasteiger partial charge on any atom is 0.319 e. The van der Waals surface area contributed by atoms with Crippen LogP contribution < -0.4 is 25.0 Å². The summed E-state index contributed by atoms with van der Waals surface area (Å²) in [6, 6.07) is 17.3. The first-order valence-corrected chi connectivity index (χ1v) is 11.2. The molecule has 0 radical (unpaired) electrons. The summed E-state index contributed by atoms with van der Waals surface area (Å²) in [4.78, 5) is 14.2. The van der Waals surface area contributed by atoms with Crippen LogP contribution in [0.5, 0.6) is 5.75 Å². The van der Waals surface area contributed by atoms with Gasteiger partial charge < -0.3 is 20.3 Å². The molecule has 0 aromatic heterocycles. The number of nitrogens with one attached hydrogen (secondary N) is 3. The van der Waals surface area contributed by atoms with E-state index in [4.69, 9.17) is 4.74 Å². The smallest absolute Gasteiger partial charge is 0.319 e. The molecular weight excluding hydrogens is 416 g/mol. The second kappa shape index (κ2) is 9.67. The quantitative estimate of drug-likeness (QED) is 0.466. The van der Waals surface area contributed by atoms with E-state index in [9.17, 15) is 13.2 Å². The third-order valence-electron chi connectivity index (χ3n) is 4.69. The molecule has 0 aliphatic carbocycles. The van der Waals surface area contributed by atoms with Gasteiger partial charge in [-0.15, -0.1) is 0 Å². The summed E-state index contributed by atoms with van der Waals surface area (Å²) in [5.41, 5.74) is 1.46. The van der Waals surface area contributed by atoms with E-state index >= 15 is 0 Å². The van der Waals surface area contributed by atoms with Crippen molar-refractivity contribution in [3.63, 3.8) is 0 Å². The zero-order chi connectivity index (χ0) is 22.4. The van der Waals surface area contributed by atoms with Crippen molar-refractivity contribution in [2.24, 2.45) is 0 Å². The van der Waals surface area contributed by atoms with E-state index in [-0.39, 0.29) is 18.0 Å². The molecule has 0 bridgehead atoms. The van der Waals surface area contributed by atoms with Crippen molar-refractivity contribution in [3.05, 3.63) is 60.7 Å². The Morgan fingerprint density at radius 1 is 0.935 bits per heavy atom. The summed E-state index contributed by atoms with van der Waals surface area (Å²) in [5.74, 6) is 0.534. The molecule has 0 heterocycles. The molecule has 0 saturated carbocycles. The molecule has 0 aliphatic rings. The Balaban J connectivity index is 1.63. The lowest BCUT2D eigenvalue weighted by molar-refractivity contribution is 0.252. The lowest BCUT2D eigenvalue weighted by Gasteiger charge is -2.17. The minimum Gasteiger partial charge on any atom is -0.495 e. The second-order valence-corrected chi connectivity index (χ2v) is 8.74. The standard InChI is InChI=1S/C22H26N4O4S/c1-26(2)19-11-6-9-17-16(19)8-7-13-21(17)31(28,29)24-15-14-23-22(27)25-18-10-4-5-12-20(18)30-3/h4-13,24H,14-15H2,1-3H3,(H2,23,25,27). The third-order valence-corrected chi connectivity index (χ3v) is 6.21. The van der Waals surface area contributed by atoms with Gasteiger partial charge in [-0.25, -0.2) is 17.9 Å². The van der Waals surface area contributed by atoms with Crippen molar-refractivity contribution in [2.75, 3.05) is 44.5 Å². The highest BCUT2D eigenvalue weighted by atomic mass is 32.2. The Hall–Kier alpha value is -3.30. The first-order chi connectivity index (χ1) is 14.8. The van der Waals surface area contributed by atoms with Crippen molar-refractivity contribution in [1.82, 2.24) is 10.0 Å². The van der Waals surface area contributed by atoms with E-state index in [1.165, 1.54) is 7.11 Å². The van der Waals surface area contributed by atoms with Crippen LogP contribution in [-0.4, -0.2) is 48.7 Å². The van der Waals surface area contributed by atoms with Gasteiger partial charge in [0.15, 0.2) is 0 Å². The summed E-state index contributed by atoms with van der Waals surface area (Å²) in [5, 5.41) is 6.80. The van der Waals surface area contributed by atoms with Gasteiger partial charge in [-0.1, -0.05) is 36.4 Å². The number of methoxy groups -OCH3 is 1. The number of sulfonamides is 1. The van der Waals surface area contributed by atoms with Crippen LogP contribution in [-0.2, 0) is 10.0 Å². The van der Waals surface area contributed by atoms with E-state index in [0.717, 1.165) is 11.1 Å².